The topological polar surface area (TPSA) is 29.3 Å². The molecule has 2 unspecified atom stereocenters. The van der Waals surface area contributed by atoms with Crippen LogP contribution in [0.4, 0.5) is 0 Å². The van der Waals surface area contributed by atoms with Crippen molar-refractivity contribution >= 4 is 0 Å². The van der Waals surface area contributed by atoms with Crippen LogP contribution in [0.3, 0.4) is 0 Å². The third-order valence-corrected chi connectivity index (χ3v) is 3.04. The van der Waals surface area contributed by atoms with Gasteiger partial charge in [0, 0.05) is 12.6 Å². The Morgan fingerprint density at radius 1 is 1.21 bits per heavy atom. The summed E-state index contributed by atoms with van der Waals surface area (Å²) in [6.07, 6.45) is 5.12. The highest BCUT2D eigenvalue weighted by Gasteiger charge is 2.12. The molecule has 0 aromatic carbocycles. The van der Waals surface area contributed by atoms with Crippen LogP contribution >= 0.6 is 0 Å². The Bertz CT molecular complexity index is 125. The van der Waals surface area contributed by atoms with Gasteiger partial charge in [0.15, 0.2) is 0 Å². The summed E-state index contributed by atoms with van der Waals surface area (Å²) < 4.78 is 0. The number of unbranched alkanes of at least 4 members (excludes halogenated alkanes) is 2. The summed E-state index contributed by atoms with van der Waals surface area (Å²) in [6, 6.07) is 0.339. The molecule has 0 heterocycles. The van der Waals surface area contributed by atoms with E-state index in [1.165, 1.54) is 32.2 Å². The van der Waals surface area contributed by atoms with Crippen LogP contribution < -0.4 is 5.73 Å². The number of nitrogens with zero attached hydrogens (tertiary/aromatic N) is 1. The first-order valence-corrected chi connectivity index (χ1v) is 6.05. The molecule has 0 aliphatic carbocycles. The number of likely N-dealkylation sites (N-methyl/N-ethyl adjacent to an activating group) is 1. The summed E-state index contributed by atoms with van der Waals surface area (Å²) in [4.78, 5) is 2.37. The average molecular weight is 200 g/mol. The van der Waals surface area contributed by atoms with E-state index in [1.54, 1.807) is 0 Å². The van der Waals surface area contributed by atoms with Crippen molar-refractivity contribution in [2.75, 3.05) is 20.1 Å². The first-order chi connectivity index (χ1) is 6.61. The van der Waals surface area contributed by atoms with Crippen molar-refractivity contribution in [3.8, 4) is 0 Å². The Morgan fingerprint density at radius 3 is 2.36 bits per heavy atom. The lowest BCUT2D eigenvalue weighted by Crippen LogP contribution is -2.40. The monoisotopic (exact) mass is 200 g/mol. The Hall–Kier alpha value is -0.0800. The van der Waals surface area contributed by atoms with E-state index in [0.29, 0.717) is 12.0 Å². The normalized spacial score (nSPS) is 15.9. The lowest BCUT2D eigenvalue weighted by molar-refractivity contribution is 0.269. The number of hydrogen-bond acceptors (Lipinski definition) is 2. The molecule has 0 radical (unpaired) electrons. The van der Waals surface area contributed by atoms with Gasteiger partial charge in [-0.05, 0) is 25.9 Å². The molecule has 0 fully saturated rings. The average Bonchev–Trinajstić information content (AvgIpc) is 2.16. The third-order valence-electron chi connectivity index (χ3n) is 3.04. The van der Waals surface area contributed by atoms with Crippen molar-refractivity contribution in [3.05, 3.63) is 0 Å². The van der Waals surface area contributed by atoms with Crippen LogP contribution in [-0.4, -0.2) is 31.1 Å². The summed E-state index contributed by atoms with van der Waals surface area (Å²) in [5.74, 6) is 0.642. The van der Waals surface area contributed by atoms with Gasteiger partial charge in [0.1, 0.15) is 0 Å². The van der Waals surface area contributed by atoms with Crippen LogP contribution in [0.15, 0.2) is 0 Å². The molecule has 0 aliphatic heterocycles. The predicted octanol–water partition coefficient (Wildman–Crippen LogP) is 2.48. The number of hydrogen-bond donors (Lipinski definition) is 1. The van der Waals surface area contributed by atoms with Crippen molar-refractivity contribution in [3.63, 3.8) is 0 Å². The first-order valence-electron chi connectivity index (χ1n) is 6.05. The second kappa shape index (κ2) is 8.25. The van der Waals surface area contributed by atoms with E-state index in [-0.39, 0.29) is 0 Å². The Labute approximate surface area is 89.9 Å². The number of nitrogens with two attached hydrogens (primary N) is 1. The zero-order valence-corrected chi connectivity index (χ0v) is 10.4. The van der Waals surface area contributed by atoms with Crippen molar-refractivity contribution in [1.29, 1.82) is 0 Å². The fourth-order valence-corrected chi connectivity index (χ4v) is 1.57. The SMILES string of the molecule is CCCCCN(C)CC(N)C(C)CC. The summed E-state index contributed by atoms with van der Waals surface area (Å²) in [6.45, 7) is 8.92. The quantitative estimate of drug-likeness (QED) is 0.610. The van der Waals surface area contributed by atoms with Gasteiger partial charge in [-0.3, -0.25) is 0 Å². The molecule has 0 saturated heterocycles. The van der Waals surface area contributed by atoms with E-state index in [1.807, 2.05) is 0 Å². The van der Waals surface area contributed by atoms with E-state index in [0.717, 1.165) is 6.54 Å². The maximum Gasteiger partial charge on any atom is 0.0193 e. The molecule has 14 heavy (non-hydrogen) atoms. The zero-order valence-electron chi connectivity index (χ0n) is 10.4. The minimum Gasteiger partial charge on any atom is -0.326 e. The van der Waals surface area contributed by atoms with Gasteiger partial charge < -0.3 is 10.6 Å². The summed E-state index contributed by atoms with van der Waals surface area (Å²) in [7, 11) is 2.18. The van der Waals surface area contributed by atoms with Gasteiger partial charge in [-0.15, -0.1) is 0 Å². The minimum atomic E-state index is 0.339. The first kappa shape index (κ1) is 13.9. The van der Waals surface area contributed by atoms with E-state index >= 15 is 0 Å². The molecule has 0 bridgehead atoms. The Balaban J connectivity index is 3.54. The van der Waals surface area contributed by atoms with Gasteiger partial charge in [-0.1, -0.05) is 40.0 Å². The molecule has 0 aromatic rings. The molecule has 0 aromatic heterocycles. The minimum absolute atomic E-state index is 0.339. The fraction of sp³-hybridized carbons (Fsp3) is 1.00. The molecular weight excluding hydrogens is 172 g/mol. The standard InChI is InChI=1S/C12H28N2/c1-5-7-8-9-14(4)10-12(13)11(3)6-2/h11-12H,5-10,13H2,1-4H3. The molecular formula is C12H28N2. The number of rotatable bonds is 8. The molecule has 0 amide bonds. The summed E-state index contributed by atoms with van der Waals surface area (Å²) >= 11 is 0. The van der Waals surface area contributed by atoms with Gasteiger partial charge in [0.2, 0.25) is 0 Å². The Kier molecular flexibility index (Phi) is 8.20. The molecule has 0 rings (SSSR count). The lowest BCUT2D eigenvalue weighted by atomic mass is 10.00. The van der Waals surface area contributed by atoms with E-state index in [9.17, 15) is 0 Å². The highest BCUT2D eigenvalue weighted by molar-refractivity contribution is 4.71. The van der Waals surface area contributed by atoms with Gasteiger partial charge in [0.05, 0.1) is 0 Å². The second-order valence-corrected chi connectivity index (χ2v) is 4.52. The van der Waals surface area contributed by atoms with Crippen LogP contribution in [0, 0.1) is 5.92 Å². The highest BCUT2D eigenvalue weighted by atomic mass is 15.1. The van der Waals surface area contributed by atoms with Crippen molar-refractivity contribution in [2.45, 2.75) is 52.5 Å². The smallest absolute Gasteiger partial charge is 0.0193 e. The maximum atomic E-state index is 6.09. The Morgan fingerprint density at radius 2 is 1.86 bits per heavy atom. The van der Waals surface area contributed by atoms with Crippen LogP contribution in [0.2, 0.25) is 0 Å². The van der Waals surface area contributed by atoms with Crippen LogP contribution in [0.1, 0.15) is 46.5 Å². The molecule has 2 heteroatoms. The molecule has 86 valence electrons. The van der Waals surface area contributed by atoms with Crippen molar-refractivity contribution in [1.82, 2.24) is 4.90 Å². The van der Waals surface area contributed by atoms with Gasteiger partial charge in [0.25, 0.3) is 0 Å². The second-order valence-electron chi connectivity index (χ2n) is 4.52. The highest BCUT2D eigenvalue weighted by Crippen LogP contribution is 2.06. The zero-order chi connectivity index (χ0) is 11.0. The third kappa shape index (κ3) is 6.39. The molecule has 0 aliphatic rings. The molecule has 2 N–H and O–H groups in total. The van der Waals surface area contributed by atoms with Crippen LogP contribution in [0.5, 0.6) is 0 Å². The van der Waals surface area contributed by atoms with Crippen molar-refractivity contribution in [2.24, 2.45) is 11.7 Å². The van der Waals surface area contributed by atoms with E-state index in [2.05, 4.69) is 32.7 Å². The van der Waals surface area contributed by atoms with E-state index < -0.39 is 0 Å². The van der Waals surface area contributed by atoms with E-state index in [4.69, 9.17) is 5.73 Å². The van der Waals surface area contributed by atoms with Crippen LogP contribution in [-0.2, 0) is 0 Å². The summed E-state index contributed by atoms with van der Waals surface area (Å²) in [5, 5.41) is 0. The van der Waals surface area contributed by atoms with Crippen LogP contribution in [0.25, 0.3) is 0 Å². The molecule has 2 nitrogen and oxygen atoms in total. The maximum absolute atomic E-state index is 6.09. The van der Waals surface area contributed by atoms with Crippen molar-refractivity contribution < 1.29 is 0 Å². The molecule has 0 saturated carbocycles. The van der Waals surface area contributed by atoms with Gasteiger partial charge in [-0.25, -0.2) is 0 Å². The largest absolute Gasteiger partial charge is 0.326 e. The fourth-order valence-electron chi connectivity index (χ4n) is 1.57. The van der Waals surface area contributed by atoms with Gasteiger partial charge >= 0.3 is 0 Å². The summed E-state index contributed by atoms with van der Waals surface area (Å²) in [5.41, 5.74) is 6.09. The molecule has 0 spiro atoms. The molecule has 2 atom stereocenters. The van der Waals surface area contributed by atoms with Gasteiger partial charge in [-0.2, -0.15) is 0 Å². The lowest BCUT2D eigenvalue weighted by Gasteiger charge is -2.24. The predicted molar refractivity (Wildman–Crippen MR) is 64.5 cm³/mol.